The number of ether oxygens (including phenoxy) is 1. The van der Waals surface area contributed by atoms with Crippen LogP contribution in [0.1, 0.15) is 18.1 Å². The Morgan fingerprint density at radius 3 is 2.42 bits per heavy atom. The molecule has 0 unspecified atom stereocenters. The Balaban J connectivity index is 1.47. The van der Waals surface area contributed by atoms with Crippen molar-refractivity contribution in [2.45, 2.75) is 13.5 Å². The fraction of sp³-hybridized carbons (Fsp3) is 0.333. The maximum absolute atomic E-state index is 12.4. The van der Waals surface area contributed by atoms with E-state index in [1.807, 2.05) is 66.7 Å². The highest BCUT2D eigenvalue weighted by Gasteiger charge is 2.19. The van der Waals surface area contributed by atoms with E-state index in [1.54, 1.807) is 6.08 Å². The zero-order valence-corrected chi connectivity index (χ0v) is 15.2. The second-order valence-corrected chi connectivity index (χ2v) is 6.29. The summed E-state index contributed by atoms with van der Waals surface area (Å²) in [6, 6.07) is 11.8. The van der Waals surface area contributed by atoms with Crippen molar-refractivity contribution in [3.8, 4) is 5.75 Å². The van der Waals surface area contributed by atoms with Crippen molar-refractivity contribution in [2.24, 2.45) is 0 Å². The fourth-order valence-corrected chi connectivity index (χ4v) is 2.99. The number of carbonyl (C=O) groups excluding carboxylic acids is 1. The van der Waals surface area contributed by atoms with Gasteiger partial charge in [0.15, 0.2) is 0 Å². The van der Waals surface area contributed by atoms with Crippen molar-refractivity contribution in [1.29, 1.82) is 0 Å². The third-order valence-corrected chi connectivity index (χ3v) is 4.45. The highest BCUT2D eigenvalue weighted by atomic mass is 16.5. The molecule has 136 valence electrons. The Bertz CT molecular complexity index is 721. The average molecular weight is 351 g/mol. The Morgan fingerprint density at radius 1 is 1.08 bits per heavy atom. The predicted octanol–water partition coefficient (Wildman–Crippen LogP) is 2.84. The summed E-state index contributed by atoms with van der Waals surface area (Å²) >= 11 is 0. The first kappa shape index (κ1) is 18.1. The van der Waals surface area contributed by atoms with Gasteiger partial charge in [-0.25, -0.2) is 0 Å². The molecule has 26 heavy (non-hydrogen) atoms. The summed E-state index contributed by atoms with van der Waals surface area (Å²) in [5.74, 6) is 0.920. The minimum atomic E-state index is 0.0717. The first-order valence-electron chi connectivity index (χ1n) is 9.05. The molecule has 0 atom stereocenters. The van der Waals surface area contributed by atoms with E-state index in [9.17, 15) is 4.79 Å². The lowest BCUT2D eigenvalue weighted by molar-refractivity contribution is -0.127. The fourth-order valence-electron chi connectivity index (χ4n) is 2.99. The molecule has 1 amide bonds. The van der Waals surface area contributed by atoms with Gasteiger partial charge >= 0.3 is 0 Å². The van der Waals surface area contributed by atoms with Crippen molar-refractivity contribution in [2.75, 3.05) is 32.8 Å². The molecule has 0 saturated carbocycles. The highest BCUT2D eigenvalue weighted by molar-refractivity contribution is 5.91. The number of rotatable bonds is 6. The van der Waals surface area contributed by atoms with Crippen LogP contribution in [0.25, 0.3) is 6.08 Å². The average Bonchev–Trinajstić information content (AvgIpc) is 2.69. The number of nitrogens with zero attached hydrogens (tertiary/aromatic N) is 3. The van der Waals surface area contributed by atoms with Crippen LogP contribution < -0.4 is 4.74 Å². The monoisotopic (exact) mass is 351 g/mol. The molecule has 0 spiro atoms. The van der Waals surface area contributed by atoms with E-state index < -0.39 is 0 Å². The number of hydrogen-bond acceptors (Lipinski definition) is 4. The molecule has 0 aliphatic carbocycles. The summed E-state index contributed by atoms with van der Waals surface area (Å²) in [5, 5.41) is 0. The first-order chi connectivity index (χ1) is 12.7. The van der Waals surface area contributed by atoms with Gasteiger partial charge in [0, 0.05) is 51.2 Å². The van der Waals surface area contributed by atoms with Gasteiger partial charge in [0.2, 0.25) is 5.91 Å². The summed E-state index contributed by atoms with van der Waals surface area (Å²) in [6.07, 6.45) is 7.16. The van der Waals surface area contributed by atoms with Gasteiger partial charge < -0.3 is 9.64 Å². The van der Waals surface area contributed by atoms with Crippen LogP contribution in [-0.2, 0) is 11.3 Å². The number of amides is 1. The molecule has 2 aromatic rings. The largest absolute Gasteiger partial charge is 0.494 e. The summed E-state index contributed by atoms with van der Waals surface area (Å²) in [7, 11) is 0. The zero-order chi connectivity index (χ0) is 18.2. The van der Waals surface area contributed by atoms with Crippen molar-refractivity contribution >= 4 is 12.0 Å². The maximum Gasteiger partial charge on any atom is 0.246 e. The van der Waals surface area contributed by atoms with Gasteiger partial charge in [-0.3, -0.25) is 14.7 Å². The third-order valence-electron chi connectivity index (χ3n) is 4.45. The van der Waals surface area contributed by atoms with Crippen molar-refractivity contribution in [1.82, 2.24) is 14.8 Å². The number of hydrogen-bond donors (Lipinski definition) is 0. The Morgan fingerprint density at radius 2 is 1.77 bits per heavy atom. The highest BCUT2D eigenvalue weighted by Crippen LogP contribution is 2.14. The van der Waals surface area contributed by atoms with Gasteiger partial charge in [-0.1, -0.05) is 12.1 Å². The summed E-state index contributed by atoms with van der Waals surface area (Å²) < 4.78 is 5.43. The lowest BCUT2D eigenvalue weighted by atomic mass is 10.2. The lowest BCUT2D eigenvalue weighted by Crippen LogP contribution is -2.47. The van der Waals surface area contributed by atoms with Gasteiger partial charge in [0.1, 0.15) is 5.75 Å². The molecule has 1 fully saturated rings. The molecular formula is C21H25N3O2. The van der Waals surface area contributed by atoms with Crippen LogP contribution in [0.15, 0.2) is 54.9 Å². The van der Waals surface area contributed by atoms with E-state index in [0.717, 1.165) is 44.0 Å². The number of piperazine rings is 1. The minimum absolute atomic E-state index is 0.0717. The van der Waals surface area contributed by atoms with Crippen LogP contribution in [0, 0.1) is 0 Å². The molecule has 2 heterocycles. The first-order valence-corrected chi connectivity index (χ1v) is 9.05. The summed E-state index contributed by atoms with van der Waals surface area (Å²) in [6.45, 7) is 6.83. The molecule has 1 saturated heterocycles. The molecule has 1 aromatic carbocycles. The van der Waals surface area contributed by atoms with Crippen molar-refractivity contribution < 1.29 is 9.53 Å². The van der Waals surface area contributed by atoms with Crippen LogP contribution in [0.4, 0.5) is 0 Å². The van der Waals surface area contributed by atoms with Gasteiger partial charge in [-0.05, 0) is 48.4 Å². The molecule has 1 aromatic heterocycles. The Kier molecular flexibility index (Phi) is 6.39. The zero-order valence-electron chi connectivity index (χ0n) is 15.2. The number of pyridine rings is 1. The minimum Gasteiger partial charge on any atom is -0.494 e. The van der Waals surface area contributed by atoms with Gasteiger partial charge in [-0.15, -0.1) is 0 Å². The van der Waals surface area contributed by atoms with Gasteiger partial charge in [0.25, 0.3) is 0 Å². The van der Waals surface area contributed by atoms with Crippen LogP contribution >= 0.6 is 0 Å². The SMILES string of the molecule is CCOc1ccc(/C=C/C(=O)N2CCN(Cc3ccncc3)CC2)cc1. The molecule has 1 aliphatic rings. The quantitative estimate of drug-likeness (QED) is 0.751. The number of aromatic nitrogens is 1. The molecule has 5 heteroatoms. The van der Waals surface area contributed by atoms with E-state index in [2.05, 4.69) is 9.88 Å². The molecule has 3 rings (SSSR count). The molecule has 0 radical (unpaired) electrons. The standard InChI is InChI=1S/C21H25N3O2/c1-2-26-20-6-3-18(4-7-20)5-8-21(25)24-15-13-23(14-16-24)17-19-9-11-22-12-10-19/h3-12H,2,13-17H2,1H3/b8-5+. The van der Waals surface area contributed by atoms with Crippen LogP contribution in [0.2, 0.25) is 0 Å². The smallest absolute Gasteiger partial charge is 0.246 e. The van der Waals surface area contributed by atoms with Crippen LogP contribution in [-0.4, -0.2) is 53.5 Å². The van der Waals surface area contributed by atoms with E-state index in [0.29, 0.717) is 6.61 Å². The molecule has 5 nitrogen and oxygen atoms in total. The van der Waals surface area contributed by atoms with E-state index in [4.69, 9.17) is 4.74 Å². The third kappa shape index (κ3) is 5.17. The Hall–Kier alpha value is -2.66. The van der Waals surface area contributed by atoms with Gasteiger partial charge in [-0.2, -0.15) is 0 Å². The molecule has 1 aliphatic heterocycles. The Labute approximate surface area is 154 Å². The molecule has 0 bridgehead atoms. The van der Waals surface area contributed by atoms with E-state index in [1.165, 1.54) is 5.56 Å². The van der Waals surface area contributed by atoms with Crippen LogP contribution in [0.3, 0.4) is 0 Å². The van der Waals surface area contributed by atoms with Crippen molar-refractivity contribution in [3.63, 3.8) is 0 Å². The summed E-state index contributed by atoms with van der Waals surface area (Å²) in [4.78, 5) is 20.7. The van der Waals surface area contributed by atoms with Gasteiger partial charge in [0.05, 0.1) is 6.61 Å². The molecular weight excluding hydrogens is 326 g/mol. The topological polar surface area (TPSA) is 45.7 Å². The van der Waals surface area contributed by atoms with Crippen LogP contribution in [0.5, 0.6) is 5.75 Å². The number of carbonyl (C=O) groups is 1. The number of benzene rings is 1. The normalized spacial score (nSPS) is 15.3. The summed E-state index contributed by atoms with van der Waals surface area (Å²) in [5.41, 5.74) is 2.26. The molecule has 0 N–H and O–H groups in total. The lowest BCUT2D eigenvalue weighted by Gasteiger charge is -2.34. The maximum atomic E-state index is 12.4. The van der Waals surface area contributed by atoms with E-state index >= 15 is 0 Å². The second kappa shape index (κ2) is 9.15. The van der Waals surface area contributed by atoms with Crippen molar-refractivity contribution in [3.05, 3.63) is 66.0 Å². The predicted molar refractivity (Wildman–Crippen MR) is 103 cm³/mol. The second-order valence-electron chi connectivity index (χ2n) is 6.29. The van der Waals surface area contributed by atoms with E-state index in [-0.39, 0.29) is 5.91 Å².